The van der Waals surface area contributed by atoms with E-state index in [-0.39, 0.29) is 5.91 Å². The van der Waals surface area contributed by atoms with E-state index in [9.17, 15) is 4.79 Å². The number of amides is 1. The number of hydrogen-bond donors (Lipinski definition) is 1. The van der Waals surface area contributed by atoms with Crippen LogP contribution in [0.3, 0.4) is 0 Å². The van der Waals surface area contributed by atoms with Crippen LogP contribution in [-0.2, 0) is 0 Å². The number of rotatable bonds is 4. The number of anilines is 1. The summed E-state index contributed by atoms with van der Waals surface area (Å²) in [6, 6.07) is 1.65. The van der Waals surface area contributed by atoms with E-state index in [4.69, 9.17) is 5.73 Å². The fourth-order valence-corrected chi connectivity index (χ4v) is 1.30. The predicted molar refractivity (Wildman–Crippen MR) is 60.5 cm³/mol. The molecule has 4 heteroatoms. The van der Waals surface area contributed by atoms with Crippen LogP contribution >= 0.6 is 0 Å². The summed E-state index contributed by atoms with van der Waals surface area (Å²) >= 11 is 0. The molecule has 1 rings (SSSR count). The highest BCUT2D eigenvalue weighted by molar-refractivity contribution is 5.98. The van der Waals surface area contributed by atoms with E-state index in [0.717, 1.165) is 19.4 Å². The minimum Gasteiger partial charge on any atom is -0.397 e. The Morgan fingerprint density at radius 2 is 2.33 bits per heavy atom. The van der Waals surface area contributed by atoms with Gasteiger partial charge in [0, 0.05) is 19.8 Å². The zero-order chi connectivity index (χ0) is 11.3. The van der Waals surface area contributed by atoms with Crippen molar-refractivity contribution in [2.24, 2.45) is 0 Å². The summed E-state index contributed by atoms with van der Waals surface area (Å²) in [5.74, 6) is -0.0386. The zero-order valence-corrected chi connectivity index (χ0v) is 9.23. The highest BCUT2D eigenvalue weighted by Crippen LogP contribution is 2.11. The van der Waals surface area contributed by atoms with Gasteiger partial charge >= 0.3 is 0 Å². The lowest BCUT2D eigenvalue weighted by atomic mass is 10.2. The van der Waals surface area contributed by atoms with Crippen molar-refractivity contribution in [3.05, 3.63) is 24.0 Å². The molecule has 1 amide bonds. The Morgan fingerprint density at radius 1 is 1.60 bits per heavy atom. The summed E-state index contributed by atoms with van der Waals surface area (Å²) in [5, 5.41) is 0. The molecule has 0 aliphatic carbocycles. The van der Waals surface area contributed by atoms with E-state index in [1.165, 1.54) is 6.20 Å². The number of aromatic nitrogens is 1. The first kappa shape index (κ1) is 11.5. The molecular weight excluding hydrogens is 190 g/mol. The molecular formula is C11H17N3O. The SMILES string of the molecule is CCCCN(C)C(=O)c1ccncc1N. The predicted octanol–water partition coefficient (Wildman–Crippen LogP) is 1.54. The fourth-order valence-electron chi connectivity index (χ4n) is 1.30. The van der Waals surface area contributed by atoms with Gasteiger partial charge in [-0.2, -0.15) is 0 Å². The first-order valence-corrected chi connectivity index (χ1v) is 5.11. The summed E-state index contributed by atoms with van der Waals surface area (Å²) in [5.41, 5.74) is 6.65. The quantitative estimate of drug-likeness (QED) is 0.814. The third-order valence-electron chi connectivity index (χ3n) is 2.28. The maximum absolute atomic E-state index is 11.9. The molecule has 4 nitrogen and oxygen atoms in total. The van der Waals surface area contributed by atoms with Gasteiger partial charge in [0.05, 0.1) is 17.4 Å². The number of nitrogens with zero attached hydrogens (tertiary/aromatic N) is 2. The Morgan fingerprint density at radius 3 is 2.93 bits per heavy atom. The maximum Gasteiger partial charge on any atom is 0.255 e. The van der Waals surface area contributed by atoms with Crippen molar-refractivity contribution in [1.29, 1.82) is 0 Å². The van der Waals surface area contributed by atoms with Crippen LogP contribution in [-0.4, -0.2) is 29.4 Å². The second kappa shape index (κ2) is 5.34. The second-order valence-electron chi connectivity index (χ2n) is 3.54. The van der Waals surface area contributed by atoms with Crippen LogP contribution in [0.2, 0.25) is 0 Å². The topological polar surface area (TPSA) is 59.2 Å². The van der Waals surface area contributed by atoms with Crippen molar-refractivity contribution in [3.63, 3.8) is 0 Å². The van der Waals surface area contributed by atoms with Crippen LogP contribution in [0.25, 0.3) is 0 Å². The van der Waals surface area contributed by atoms with Gasteiger partial charge < -0.3 is 10.6 Å². The molecule has 0 aromatic carbocycles. The van der Waals surface area contributed by atoms with Gasteiger partial charge in [-0.15, -0.1) is 0 Å². The molecule has 0 fully saturated rings. The lowest BCUT2D eigenvalue weighted by Crippen LogP contribution is -2.28. The van der Waals surface area contributed by atoms with Crippen LogP contribution in [0.4, 0.5) is 5.69 Å². The average Bonchev–Trinajstić information content (AvgIpc) is 2.25. The molecule has 0 bridgehead atoms. The number of hydrogen-bond acceptors (Lipinski definition) is 3. The lowest BCUT2D eigenvalue weighted by molar-refractivity contribution is 0.0794. The van der Waals surface area contributed by atoms with E-state index >= 15 is 0 Å². The third-order valence-corrected chi connectivity index (χ3v) is 2.28. The molecule has 0 unspecified atom stereocenters. The van der Waals surface area contributed by atoms with E-state index < -0.39 is 0 Å². The maximum atomic E-state index is 11.9. The van der Waals surface area contributed by atoms with Gasteiger partial charge in [-0.3, -0.25) is 9.78 Å². The van der Waals surface area contributed by atoms with E-state index in [1.807, 2.05) is 0 Å². The molecule has 1 heterocycles. The van der Waals surface area contributed by atoms with E-state index in [0.29, 0.717) is 11.3 Å². The molecule has 1 aromatic heterocycles. The van der Waals surface area contributed by atoms with Crippen molar-refractivity contribution >= 4 is 11.6 Å². The van der Waals surface area contributed by atoms with Gasteiger partial charge in [-0.1, -0.05) is 13.3 Å². The van der Waals surface area contributed by atoms with Gasteiger partial charge in [0.2, 0.25) is 0 Å². The first-order valence-electron chi connectivity index (χ1n) is 5.11. The molecule has 0 saturated heterocycles. The Labute approximate surface area is 90.1 Å². The normalized spacial score (nSPS) is 10.0. The van der Waals surface area contributed by atoms with Crippen LogP contribution < -0.4 is 5.73 Å². The minimum atomic E-state index is -0.0386. The van der Waals surface area contributed by atoms with Crippen LogP contribution in [0.1, 0.15) is 30.1 Å². The van der Waals surface area contributed by atoms with Gasteiger partial charge in [0.15, 0.2) is 0 Å². The van der Waals surface area contributed by atoms with E-state index in [2.05, 4.69) is 11.9 Å². The summed E-state index contributed by atoms with van der Waals surface area (Å²) < 4.78 is 0. The van der Waals surface area contributed by atoms with Gasteiger partial charge in [0.25, 0.3) is 5.91 Å². The molecule has 15 heavy (non-hydrogen) atoms. The zero-order valence-electron chi connectivity index (χ0n) is 9.23. The summed E-state index contributed by atoms with van der Waals surface area (Å²) in [4.78, 5) is 17.4. The Balaban J connectivity index is 2.72. The summed E-state index contributed by atoms with van der Waals surface area (Å²) in [6.07, 6.45) is 5.16. The Bertz CT molecular complexity index is 338. The van der Waals surface area contributed by atoms with Crippen LogP contribution in [0, 0.1) is 0 Å². The Kier molecular flexibility index (Phi) is 4.09. The van der Waals surface area contributed by atoms with E-state index in [1.54, 1.807) is 24.2 Å². The Hall–Kier alpha value is -1.58. The highest BCUT2D eigenvalue weighted by atomic mass is 16.2. The van der Waals surface area contributed by atoms with Crippen molar-refractivity contribution < 1.29 is 4.79 Å². The number of pyridine rings is 1. The largest absolute Gasteiger partial charge is 0.397 e. The fraction of sp³-hybridized carbons (Fsp3) is 0.455. The van der Waals surface area contributed by atoms with Gasteiger partial charge in [0.1, 0.15) is 0 Å². The van der Waals surface area contributed by atoms with Gasteiger partial charge in [-0.25, -0.2) is 0 Å². The second-order valence-corrected chi connectivity index (χ2v) is 3.54. The molecule has 2 N–H and O–H groups in total. The summed E-state index contributed by atoms with van der Waals surface area (Å²) in [7, 11) is 1.79. The molecule has 0 spiro atoms. The summed E-state index contributed by atoms with van der Waals surface area (Å²) in [6.45, 7) is 2.86. The number of nitrogens with two attached hydrogens (primary N) is 1. The molecule has 0 radical (unpaired) electrons. The van der Waals surface area contributed by atoms with Crippen molar-refractivity contribution in [2.45, 2.75) is 19.8 Å². The number of nitrogen functional groups attached to an aromatic ring is 1. The molecule has 0 aliphatic rings. The average molecular weight is 207 g/mol. The van der Waals surface area contributed by atoms with Gasteiger partial charge in [-0.05, 0) is 12.5 Å². The smallest absolute Gasteiger partial charge is 0.255 e. The van der Waals surface area contributed by atoms with Crippen molar-refractivity contribution in [1.82, 2.24) is 9.88 Å². The number of carbonyl (C=O) groups is 1. The molecule has 0 atom stereocenters. The standard InChI is InChI=1S/C11H17N3O/c1-3-4-7-14(2)11(15)9-5-6-13-8-10(9)12/h5-6,8H,3-4,7,12H2,1-2H3. The minimum absolute atomic E-state index is 0.0386. The van der Waals surface area contributed by atoms with Crippen molar-refractivity contribution in [3.8, 4) is 0 Å². The van der Waals surface area contributed by atoms with Crippen molar-refractivity contribution in [2.75, 3.05) is 19.3 Å². The monoisotopic (exact) mass is 207 g/mol. The number of carbonyl (C=O) groups excluding carboxylic acids is 1. The first-order chi connectivity index (χ1) is 7.16. The van der Waals surface area contributed by atoms with Crippen LogP contribution in [0.5, 0.6) is 0 Å². The lowest BCUT2D eigenvalue weighted by Gasteiger charge is -2.17. The highest BCUT2D eigenvalue weighted by Gasteiger charge is 2.13. The molecule has 1 aromatic rings. The number of unbranched alkanes of at least 4 members (excludes halogenated alkanes) is 1. The molecule has 0 aliphatic heterocycles. The third kappa shape index (κ3) is 2.94. The molecule has 82 valence electrons. The molecule has 0 saturated carbocycles. The van der Waals surface area contributed by atoms with Crippen LogP contribution in [0.15, 0.2) is 18.5 Å².